The third-order valence-corrected chi connectivity index (χ3v) is 4.25. The lowest BCUT2D eigenvalue weighted by atomic mass is 10.1. The molecule has 0 fully saturated rings. The molecule has 1 unspecified atom stereocenters. The van der Waals surface area contributed by atoms with Crippen LogP contribution in [-0.2, 0) is 13.1 Å². The summed E-state index contributed by atoms with van der Waals surface area (Å²) in [6.07, 6.45) is 0. The fourth-order valence-electron chi connectivity index (χ4n) is 2.67. The molecule has 4 nitrogen and oxygen atoms in total. The first kappa shape index (κ1) is 19.9. The van der Waals surface area contributed by atoms with Gasteiger partial charge < -0.3 is 15.5 Å². The average molecular weight is 356 g/mol. The van der Waals surface area contributed by atoms with Crippen molar-refractivity contribution in [2.45, 2.75) is 33.0 Å². The van der Waals surface area contributed by atoms with E-state index in [1.165, 1.54) is 11.1 Å². The topological polar surface area (TPSA) is 39.7 Å². The zero-order valence-corrected chi connectivity index (χ0v) is 16.3. The van der Waals surface area contributed by atoms with Gasteiger partial charge in [-0.2, -0.15) is 0 Å². The summed E-state index contributed by atoms with van der Waals surface area (Å²) in [7, 11) is 5.86. The van der Waals surface area contributed by atoms with Crippen LogP contribution in [0.15, 0.2) is 47.5 Å². The van der Waals surface area contributed by atoms with Crippen LogP contribution < -0.4 is 10.6 Å². The number of hydrogen-bond acceptors (Lipinski definition) is 2. The first-order chi connectivity index (χ1) is 12.4. The number of benzene rings is 2. The molecular weight excluding hydrogens is 327 g/mol. The molecule has 0 aliphatic rings. The van der Waals surface area contributed by atoms with Gasteiger partial charge in [0.2, 0.25) is 0 Å². The number of nitrogens with one attached hydrogen (secondary N) is 2. The second-order valence-corrected chi connectivity index (χ2v) is 6.85. The van der Waals surface area contributed by atoms with E-state index in [1.807, 2.05) is 13.0 Å². The highest BCUT2D eigenvalue weighted by Crippen LogP contribution is 2.16. The molecule has 0 aliphatic heterocycles. The van der Waals surface area contributed by atoms with Crippen molar-refractivity contribution in [3.05, 3.63) is 70.5 Å². The van der Waals surface area contributed by atoms with Gasteiger partial charge in [-0.1, -0.05) is 36.4 Å². The normalized spacial score (nSPS) is 13.0. The molecule has 0 amide bonds. The smallest absolute Gasteiger partial charge is 0.191 e. The Hall–Kier alpha value is -2.40. The van der Waals surface area contributed by atoms with Gasteiger partial charge in [-0.25, -0.2) is 4.39 Å². The molecule has 0 saturated carbocycles. The van der Waals surface area contributed by atoms with Gasteiger partial charge in [0.15, 0.2) is 5.96 Å². The standard InChI is InChI=1S/C21H29FN4/c1-15-6-11-19(12-20(15)22)16(2)25-21(23-3)24-13-17-7-9-18(10-8-17)14-26(4)5/h6-12,16H,13-14H2,1-5H3,(H2,23,24,25). The summed E-state index contributed by atoms with van der Waals surface area (Å²) in [5.74, 6) is 0.507. The van der Waals surface area contributed by atoms with Crippen LogP contribution in [0.2, 0.25) is 0 Å². The van der Waals surface area contributed by atoms with Crippen LogP contribution in [0, 0.1) is 12.7 Å². The van der Waals surface area contributed by atoms with E-state index in [0.29, 0.717) is 18.1 Å². The second-order valence-electron chi connectivity index (χ2n) is 6.85. The largest absolute Gasteiger partial charge is 0.352 e. The molecule has 1 atom stereocenters. The van der Waals surface area contributed by atoms with Crippen molar-refractivity contribution in [1.82, 2.24) is 15.5 Å². The number of hydrogen-bond donors (Lipinski definition) is 2. The van der Waals surface area contributed by atoms with Crippen molar-refractivity contribution in [2.24, 2.45) is 4.99 Å². The van der Waals surface area contributed by atoms with Crippen molar-refractivity contribution < 1.29 is 4.39 Å². The lowest BCUT2D eigenvalue weighted by Gasteiger charge is -2.19. The predicted octanol–water partition coefficient (Wildman–Crippen LogP) is 3.62. The van der Waals surface area contributed by atoms with E-state index < -0.39 is 0 Å². The summed E-state index contributed by atoms with van der Waals surface area (Å²) in [6, 6.07) is 13.8. The van der Waals surface area contributed by atoms with E-state index in [2.05, 4.69) is 58.9 Å². The molecule has 2 aromatic carbocycles. The van der Waals surface area contributed by atoms with Gasteiger partial charge in [-0.05, 0) is 56.3 Å². The van der Waals surface area contributed by atoms with Gasteiger partial charge in [-0.3, -0.25) is 4.99 Å². The maximum Gasteiger partial charge on any atom is 0.191 e. The van der Waals surface area contributed by atoms with Gasteiger partial charge >= 0.3 is 0 Å². The molecule has 5 heteroatoms. The molecule has 2 rings (SSSR count). The minimum atomic E-state index is -0.183. The van der Waals surface area contributed by atoms with Crippen LogP contribution >= 0.6 is 0 Å². The first-order valence-electron chi connectivity index (χ1n) is 8.85. The van der Waals surface area contributed by atoms with E-state index in [0.717, 1.165) is 12.1 Å². The Morgan fingerprint density at radius 1 is 1.12 bits per heavy atom. The fourth-order valence-corrected chi connectivity index (χ4v) is 2.67. The summed E-state index contributed by atoms with van der Waals surface area (Å²) in [5, 5.41) is 6.61. The lowest BCUT2D eigenvalue weighted by molar-refractivity contribution is 0.402. The van der Waals surface area contributed by atoms with E-state index in [-0.39, 0.29) is 11.9 Å². The zero-order valence-electron chi connectivity index (χ0n) is 16.3. The van der Waals surface area contributed by atoms with Crippen LogP contribution in [0.4, 0.5) is 4.39 Å². The molecule has 0 spiro atoms. The summed E-state index contributed by atoms with van der Waals surface area (Å²) in [6.45, 7) is 5.37. The quantitative estimate of drug-likeness (QED) is 0.613. The minimum absolute atomic E-state index is 0.0428. The zero-order chi connectivity index (χ0) is 19.1. The van der Waals surface area contributed by atoms with Gasteiger partial charge in [0, 0.05) is 20.1 Å². The third kappa shape index (κ3) is 5.85. The molecule has 0 bridgehead atoms. The number of guanidine groups is 1. The molecule has 140 valence electrons. The molecule has 26 heavy (non-hydrogen) atoms. The van der Waals surface area contributed by atoms with Gasteiger partial charge in [0.25, 0.3) is 0 Å². The Kier molecular flexibility index (Phi) is 7.16. The van der Waals surface area contributed by atoms with E-state index in [4.69, 9.17) is 0 Å². The monoisotopic (exact) mass is 356 g/mol. The molecule has 2 aromatic rings. The van der Waals surface area contributed by atoms with Crippen molar-refractivity contribution >= 4 is 5.96 Å². The predicted molar refractivity (Wildman–Crippen MR) is 107 cm³/mol. The van der Waals surface area contributed by atoms with Crippen molar-refractivity contribution in [2.75, 3.05) is 21.1 Å². The Morgan fingerprint density at radius 3 is 2.35 bits per heavy atom. The van der Waals surface area contributed by atoms with Crippen LogP contribution in [-0.4, -0.2) is 32.0 Å². The maximum atomic E-state index is 13.8. The SMILES string of the molecule is CN=C(NCc1ccc(CN(C)C)cc1)NC(C)c1ccc(C)c(F)c1. The average Bonchev–Trinajstić information content (AvgIpc) is 2.61. The molecule has 0 aromatic heterocycles. The molecule has 2 N–H and O–H groups in total. The number of aryl methyl sites for hydroxylation is 1. The van der Waals surface area contributed by atoms with E-state index in [1.54, 1.807) is 26.1 Å². The fraction of sp³-hybridized carbons (Fsp3) is 0.381. The molecule has 0 saturated heterocycles. The summed E-state index contributed by atoms with van der Waals surface area (Å²) >= 11 is 0. The van der Waals surface area contributed by atoms with E-state index in [9.17, 15) is 4.39 Å². The maximum absolute atomic E-state index is 13.8. The summed E-state index contributed by atoms with van der Waals surface area (Å²) in [5.41, 5.74) is 4.02. The molecule has 0 radical (unpaired) electrons. The van der Waals surface area contributed by atoms with Crippen LogP contribution in [0.25, 0.3) is 0 Å². The number of rotatable bonds is 6. The van der Waals surface area contributed by atoms with Crippen LogP contribution in [0.3, 0.4) is 0 Å². The van der Waals surface area contributed by atoms with Gasteiger partial charge in [0.1, 0.15) is 5.82 Å². The third-order valence-electron chi connectivity index (χ3n) is 4.25. The van der Waals surface area contributed by atoms with Crippen molar-refractivity contribution in [1.29, 1.82) is 0 Å². The lowest BCUT2D eigenvalue weighted by Crippen LogP contribution is -2.38. The second kappa shape index (κ2) is 9.34. The van der Waals surface area contributed by atoms with Crippen LogP contribution in [0.1, 0.15) is 35.2 Å². The summed E-state index contributed by atoms with van der Waals surface area (Å²) < 4.78 is 13.8. The van der Waals surface area contributed by atoms with Crippen LogP contribution in [0.5, 0.6) is 0 Å². The van der Waals surface area contributed by atoms with Crippen molar-refractivity contribution in [3.63, 3.8) is 0 Å². The number of halogens is 1. The molecule has 0 aliphatic carbocycles. The number of aliphatic imine (C=N–C) groups is 1. The van der Waals surface area contributed by atoms with Crippen molar-refractivity contribution in [3.8, 4) is 0 Å². The Balaban J connectivity index is 1.91. The minimum Gasteiger partial charge on any atom is -0.352 e. The Labute approximate surface area is 156 Å². The highest BCUT2D eigenvalue weighted by Gasteiger charge is 2.09. The highest BCUT2D eigenvalue weighted by atomic mass is 19.1. The Morgan fingerprint density at radius 2 is 1.77 bits per heavy atom. The molecule has 0 heterocycles. The van der Waals surface area contributed by atoms with E-state index >= 15 is 0 Å². The highest BCUT2D eigenvalue weighted by molar-refractivity contribution is 5.80. The van der Waals surface area contributed by atoms with Gasteiger partial charge in [0.05, 0.1) is 6.04 Å². The molecular formula is C21H29FN4. The Bertz CT molecular complexity index is 738. The van der Waals surface area contributed by atoms with Gasteiger partial charge in [-0.15, -0.1) is 0 Å². The first-order valence-corrected chi connectivity index (χ1v) is 8.85. The number of nitrogens with zero attached hydrogens (tertiary/aromatic N) is 2. The summed E-state index contributed by atoms with van der Waals surface area (Å²) in [4.78, 5) is 6.41.